The lowest BCUT2D eigenvalue weighted by Crippen LogP contribution is -1.91. The first-order valence-electron chi connectivity index (χ1n) is 5.05. The van der Waals surface area contributed by atoms with Crippen molar-refractivity contribution in [3.8, 4) is 22.8 Å². The summed E-state index contributed by atoms with van der Waals surface area (Å²) in [5, 5.41) is 9.14. The van der Waals surface area contributed by atoms with Gasteiger partial charge in [0.05, 0.1) is 20.8 Å². The van der Waals surface area contributed by atoms with E-state index in [0.29, 0.717) is 23.0 Å². The lowest BCUT2D eigenvalue weighted by Gasteiger charge is -2.07. The second-order valence-electron chi connectivity index (χ2n) is 3.39. The number of benzene rings is 1. The Hall–Kier alpha value is -2.01. The molecule has 90 valence electrons. The third-order valence-corrected chi connectivity index (χ3v) is 2.40. The number of aromatic nitrogens is 1. The molecule has 0 saturated heterocycles. The molecule has 2 rings (SSSR count). The summed E-state index contributed by atoms with van der Waals surface area (Å²) < 4.78 is 15.6. The molecule has 1 aromatic carbocycles. The number of rotatable bonds is 4. The van der Waals surface area contributed by atoms with Gasteiger partial charge in [-0.3, -0.25) is 0 Å². The van der Waals surface area contributed by atoms with E-state index >= 15 is 0 Å². The number of nitrogens with zero attached hydrogens (tertiary/aromatic N) is 1. The van der Waals surface area contributed by atoms with Crippen LogP contribution >= 0.6 is 0 Å². The van der Waals surface area contributed by atoms with Gasteiger partial charge in [0.2, 0.25) is 0 Å². The molecule has 0 radical (unpaired) electrons. The Morgan fingerprint density at radius 2 is 1.82 bits per heavy atom. The third kappa shape index (κ3) is 2.24. The summed E-state index contributed by atoms with van der Waals surface area (Å²) in [6.07, 6.45) is 1.30. The van der Waals surface area contributed by atoms with Crippen molar-refractivity contribution in [3.05, 3.63) is 30.3 Å². The Balaban J connectivity index is 2.51. The van der Waals surface area contributed by atoms with E-state index in [1.165, 1.54) is 6.39 Å². The van der Waals surface area contributed by atoms with E-state index in [9.17, 15) is 0 Å². The zero-order valence-corrected chi connectivity index (χ0v) is 9.64. The molecule has 0 unspecified atom stereocenters. The van der Waals surface area contributed by atoms with E-state index in [0.717, 1.165) is 5.56 Å². The first-order chi connectivity index (χ1) is 8.28. The SMILES string of the molecule is COc1cc(OC)cc(-c2ocnc2CO)c1. The molecule has 1 aromatic heterocycles. The molecule has 0 aliphatic carbocycles. The molecule has 17 heavy (non-hydrogen) atoms. The summed E-state index contributed by atoms with van der Waals surface area (Å²) in [4.78, 5) is 3.92. The van der Waals surface area contributed by atoms with Gasteiger partial charge in [-0.15, -0.1) is 0 Å². The van der Waals surface area contributed by atoms with Crippen molar-refractivity contribution in [2.24, 2.45) is 0 Å². The van der Waals surface area contributed by atoms with E-state index in [2.05, 4.69) is 4.98 Å². The molecule has 5 nitrogen and oxygen atoms in total. The van der Waals surface area contributed by atoms with E-state index in [1.54, 1.807) is 32.4 Å². The van der Waals surface area contributed by atoms with E-state index in [-0.39, 0.29) is 6.61 Å². The van der Waals surface area contributed by atoms with Crippen LogP contribution in [0.4, 0.5) is 0 Å². The molecule has 0 amide bonds. The van der Waals surface area contributed by atoms with Gasteiger partial charge in [-0.1, -0.05) is 0 Å². The van der Waals surface area contributed by atoms with E-state index < -0.39 is 0 Å². The molecule has 0 saturated carbocycles. The van der Waals surface area contributed by atoms with Gasteiger partial charge in [0.25, 0.3) is 0 Å². The zero-order valence-electron chi connectivity index (χ0n) is 9.64. The lowest BCUT2D eigenvalue weighted by atomic mass is 10.1. The minimum absolute atomic E-state index is 0.175. The van der Waals surface area contributed by atoms with Crippen LogP contribution in [-0.4, -0.2) is 24.3 Å². The average molecular weight is 235 g/mol. The highest BCUT2D eigenvalue weighted by Gasteiger charge is 2.12. The molecule has 0 bridgehead atoms. The van der Waals surface area contributed by atoms with Crippen LogP contribution in [0.2, 0.25) is 0 Å². The number of ether oxygens (including phenoxy) is 2. The molecule has 0 fully saturated rings. The van der Waals surface area contributed by atoms with Gasteiger partial charge in [-0.2, -0.15) is 0 Å². The van der Waals surface area contributed by atoms with Gasteiger partial charge in [-0.05, 0) is 12.1 Å². The van der Waals surface area contributed by atoms with Crippen molar-refractivity contribution < 1.29 is 19.0 Å². The predicted molar refractivity (Wildman–Crippen MR) is 61.0 cm³/mol. The highest BCUT2D eigenvalue weighted by Crippen LogP contribution is 2.31. The molecule has 5 heteroatoms. The van der Waals surface area contributed by atoms with Gasteiger partial charge >= 0.3 is 0 Å². The van der Waals surface area contributed by atoms with Crippen molar-refractivity contribution in [2.45, 2.75) is 6.61 Å². The number of aliphatic hydroxyl groups excluding tert-OH is 1. The lowest BCUT2D eigenvalue weighted by molar-refractivity contribution is 0.277. The second kappa shape index (κ2) is 4.88. The van der Waals surface area contributed by atoms with Gasteiger partial charge < -0.3 is 19.0 Å². The Kier molecular flexibility index (Phi) is 3.30. The first kappa shape index (κ1) is 11.5. The molecule has 1 N–H and O–H groups in total. The van der Waals surface area contributed by atoms with Crippen molar-refractivity contribution in [1.82, 2.24) is 4.98 Å². The van der Waals surface area contributed by atoms with Crippen LogP contribution in [0.25, 0.3) is 11.3 Å². The normalized spacial score (nSPS) is 10.3. The van der Waals surface area contributed by atoms with Crippen molar-refractivity contribution in [3.63, 3.8) is 0 Å². The fraction of sp³-hybridized carbons (Fsp3) is 0.250. The Morgan fingerprint density at radius 1 is 1.18 bits per heavy atom. The first-order valence-corrected chi connectivity index (χ1v) is 5.05. The average Bonchev–Trinajstić information content (AvgIpc) is 2.86. The second-order valence-corrected chi connectivity index (χ2v) is 3.39. The third-order valence-electron chi connectivity index (χ3n) is 2.40. The molecule has 1 heterocycles. The van der Waals surface area contributed by atoms with E-state index in [1.807, 2.05) is 0 Å². The summed E-state index contributed by atoms with van der Waals surface area (Å²) in [6, 6.07) is 5.35. The zero-order chi connectivity index (χ0) is 12.3. The van der Waals surface area contributed by atoms with Crippen LogP contribution in [0.1, 0.15) is 5.69 Å². The number of methoxy groups -OCH3 is 2. The van der Waals surface area contributed by atoms with Crippen LogP contribution in [0.3, 0.4) is 0 Å². The fourth-order valence-corrected chi connectivity index (χ4v) is 1.56. The smallest absolute Gasteiger partial charge is 0.181 e. The van der Waals surface area contributed by atoms with Crippen molar-refractivity contribution in [1.29, 1.82) is 0 Å². The molecule has 0 aliphatic rings. The summed E-state index contributed by atoms with van der Waals surface area (Å²) in [5.74, 6) is 1.82. The Labute approximate surface area is 98.6 Å². The summed E-state index contributed by atoms with van der Waals surface area (Å²) in [7, 11) is 3.15. The minimum Gasteiger partial charge on any atom is -0.497 e. The van der Waals surface area contributed by atoms with Crippen LogP contribution in [0.5, 0.6) is 11.5 Å². The standard InChI is InChI=1S/C12H13NO4/c1-15-9-3-8(4-10(5-9)16-2)12-11(6-14)13-7-17-12/h3-5,7,14H,6H2,1-2H3. The highest BCUT2D eigenvalue weighted by molar-refractivity contribution is 5.64. The van der Waals surface area contributed by atoms with E-state index in [4.69, 9.17) is 19.0 Å². The van der Waals surface area contributed by atoms with Crippen molar-refractivity contribution in [2.75, 3.05) is 14.2 Å². The highest BCUT2D eigenvalue weighted by atomic mass is 16.5. The maximum absolute atomic E-state index is 9.14. The Morgan fingerprint density at radius 3 is 2.35 bits per heavy atom. The molecule has 0 atom stereocenters. The maximum Gasteiger partial charge on any atom is 0.181 e. The topological polar surface area (TPSA) is 64.7 Å². The van der Waals surface area contributed by atoms with Crippen LogP contribution < -0.4 is 9.47 Å². The van der Waals surface area contributed by atoms with Crippen LogP contribution in [0.15, 0.2) is 29.0 Å². The van der Waals surface area contributed by atoms with Crippen LogP contribution in [0, 0.1) is 0 Å². The fourth-order valence-electron chi connectivity index (χ4n) is 1.56. The van der Waals surface area contributed by atoms with Gasteiger partial charge in [0.15, 0.2) is 12.2 Å². The predicted octanol–water partition coefficient (Wildman–Crippen LogP) is 1.85. The molecule has 0 spiro atoms. The van der Waals surface area contributed by atoms with Crippen LogP contribution in [-0.2, 0) is 6.61 Å². The van der Waals surface area contributed by atoms with Gasteiger partial charge in [-0.25, -0.2) is 4.98 Å². The number of hydrogen-bond donors (Lipinski definition) is 1. The molecule has 0 aliphatic heterocycles. The van der Waals surface area contributed by atoms with Gasteiger partial charge in [0, 0.05) is 11.6 Å². The number of oxazole rings is 1. The quantitative estimate of drug-likeness (QED) is 0.876. The number of aliphatic hydroxyl groups is 1. The summed E-state index contributed by atoms with van der Waals surface area (Å²) in [5.41, 5.74) is 1.24. The molecule has 2 aromatic rings. The Bertz CT molecular complexity index is 485. The molecular formula is C12H13NO4. The largest absolute Gasteiger partial charge is 0.497 e. The monoisotopic (exact) mass is 235 g/mol. The van der Waals surface area contributed by atoms with Gasteiger partial charge in [0.1, 0.15) is 17.2 Å². The van der Waals surface area contributed by atoms with Crippen molar-refractivity contribution >= 4 is 0 Å². The maximum atomic E-state index is 9.14. The number of hydrogen-bond acceptors (Lipinski definition) is 5. The summed E-state index contributed by atoms with van der Waals surface area (Å²) in [6.45, 7) is -0.175. The summed E-state index contributed by atoms with van der Waals surface area (Å²) >= 11 is 0. The molecular weight excluding hydrogens is 222 g/mol. The minimum atomic E-state index is -0.175.